The molecule has 0 atom stereocenters. The molecule has 1 aliphatic heterocycles. The fourth-order valence-corrected chi connectivity index (χ4v) is 2.90. The first-order chi connectivity index (χ1) is 13.6. The van der Waals surface area contributed by atoms with Gasteiger partial charge in [0.15, 0.2) is 11.5 Å². The lowest BCUT2D eigenvalue weighted by atomic mass is 10.1. The normalized spacial score (nSPS) is 12.1. The number of pyridine rings is 1. The second kappa shape index (κ2) is 7.12. The minimum atomic E-state index is -0.840. The zero-order valence-electron chi connectivity index (χ0n) is 14.9. The first kappa shape index (κ1) is 17.7. The molecule has 28 heavy (non-hydrogen) atoms. The average Bonchev–Trinajstić information content (AvgIpc) is 3.14. The predicted molar refractivity (Wildman–Crippen MR) is 98.8 cm³/mol. The van der Waals surface area contributed by atoms with E-state index < -0.39 is 11.6 Å². The minimum Gasteiger partial charge on any atom is -0.476 e. The molecular formula is C20H15NO7. The number of esters is 1. The summed E-state index contributed by atoms with van der Waals surface area (Å²) in [5.74, 6) is 3.03. The number of carbonyl (C=O) groups is 1. The molecule has 0 N–H and O–H groups in total. The first-order valence-electron chi connectivity index (χ1n) is 8.57. The molecule has 0 fully saturated rings. The van der Waals surface area contributed by atoms with Gasteiger partial charge in [-0.15, -0.1) is 12.3 Å². The number of carbonyl (C=O) groups excluding carboxylic acids is 1. The predicted octanol–water partition coefficient (Wildman–Crippen LogP) is 2.65. The van der Waals surface area contributed by atoms with Crippen LogP contribution in [0.1, 0.15) is 23.7 Å². The summed E-state index contributed by atoms with van der Waals surface area (Å²) in [5.41, 5.74) is -1.02. The van der Waals surface area contributed by atoms with Crippen molar-refractivity contribution >= 4 is 27.8 Å². The van der Waals surface area contributed by atoms with Gasteiger partial charge in [0.05, 0.1) is 6.61 Å². The summed E-state index contributed by atoms with van der Waals surface area (Å²) >= 11 is 0. The van der Waals surface area contributed by atoms with Crippen LogP contribution >= 0.6 is 0 Å². The molecule has 3 heterocycles. The molecular weight excluding hydrogens is 366 g/mol. The Morgan fingerprint density at radius 2 is 1.96 bits per heavy atom. The molecule has 0 saturated heterocycles. The van der Waals surface area contributed by atoms with Gasteiger partial charge >= 0.3 is 11.6 Å². The van der Waals surface area contributed by atoms with Gasteiger partial charge < -0.3 is 23.4 Å². The van der Waals surface area contributed by atoms with E-state index in [4.69, 9.17) is 29.8 Å². The van der Waals surface area contributed by atoms with Crippen LogP contribution in [-0.2, 0) is 4.74 Å². The van der Waals surface area contributed by atoms with Crippen LogP contribution in [-0.4, -0.2) is 31.0 Å². The summed E-state index contributed by atoms with van der Waals surface area (Å²) in [6.45, 7) is 2.12. The fourth-order valence-electron chi connectivity index (χ4n) is 2.90. The molecule has 1 aliphatic rings. The average molecular weight is 381 g/mol. The van der Waals surface area contributed by atoms with Crippen LogP contribution in [0.25, 0.3) is 21.9 Å². The van der Waals surface area contributed by atoms with Crippen LogP contribution in [0.2, 0.25) is 0 Å². The maximum Gasteiger partial charge on any atom is 0.352 e. The van der Waals surface area contributed by atoms with Gasteiger partial charge in [0.1, 0.15) is 12.2 Å². The summed E-state index contributed by atoms with van der Waals surface area (Å²) in [6, 6.07) is 4.86. The summed E-state index contributed by atoms with van der Waals surface area (Å²) < 4.78 is 26.7. The second-order valence-electron chi connectivity index (χ2n) is 5.86. The Kier molecular flexibility index (Phi) is 4.49. The van der Waals surface area contributed by atoms with E-state index >= 15 is 0 Å². The number of nitrogens with zero attached hydrogens (tertiary/aromatic N) is 1. The van der Waals surface area contributed by atoms with Crippen LogP contribution in [0.15, 0.2) is 27.4 Å². The smallest absolute Gasteiger partial charge is 0.352 e. The van der Waals surface area contributed by atoms with E-state index in [0.29, 0.717) is 34.1 Å². The van der Waals surface area contributed by atoms with Crippen LogP contribution in [0, 0.1) is 12.3 Å². The Bertz CT molecular complexity index is 1190. The second-order valence-corrected chi connectivity index (χ2v) is 5.86. The zero-order valence-corrected chi connectivity index (χ0v) is 14.9. The number of rotatable bonds is 5. The van der Waals surface area contributed by atoms with Gasteiger partial charge in [0.2, 0.25) is 18.4 Å². The number of hydrogen-bond donors (Lipinski definition) is 0. The van der Waals surface area contributed by atoms with Crippen molar-refractivity contribution in [3.8, 4) is 29.7 Å². The van der Waals surface area contributed by atoms with Gasteiger partial charge in [-0.1, -0.05) is 0 Å². The van der Waals surface area contributed by atoms with Gasteiger partial charge in [-0.05, 0) is 25.1 Å². The van der Waals surface area contributed by atoms with Gasteiger partial charge in [0.25, 0.3) is 0 Å². The van der Waals surface area contributed by atoms with Crippen LogP contribution in [0.5, 0.6) is 17.4 Å². The summed E-state index contributed by atoms with van der Waals surface area (Å²) in [6.07, 6.45) is 5.65. The fraction of sp³-hybridized carbons (Fsp3) is 0.250. The van der Waals surface area contributed by atoms with E-state index in [0.717, 1.165) is 0 Å². The van der Waals surface area contributed by atoms with Crippen LogP contribution < -0.4 is 19.8 Å². The van der Waals surface area contributed by atoms with Crippen molar-refractivity contribution in [3.63, 3.8) is 0 Å². The van der Waals surface area contributed by atoms with Crippen molar-refractivity contribution < 1.29 is 28.2 Å². The highest BCUT2D eigenvalue weighted by molar-refractivity contribution is 6.09. The van der Waals surface area contributed by atoms with E-state index in [2.05, 4.69) is 10.9 Å². The van der Waals surface area contributed by atoms with Gasteiger partial charge in [-0.3, -0.25) is 0 Å². The molecule has 0 saturated carbocycles. The van der Waals surface area contributed by atoms with Crippen molar-refractivity contribution in [2.45, 2.75) is 13.3 Å². The highest BCUT2D eigenvalue weighted by Gasteiger charge is 2.22. The van der Waals surface area contributed by atoms with E-state index in [9.17, 15) is 9.59 Å². The van der Waals surface area contributed by atoms with Crippen molar-refractivity contribution in [1.29, 1.82) is 0 Å². The Morgan fingerprint density at radius 3 is 2.68 bits per heavy atom. The molecule has 0 aliphatic carbocycles. The Labute approximate surface area is 159 Å². The maximum atomic E-state index is 12.2. The van der Waals surface area contributed by atoms with E-state index in [1.165, 1.54) is 6.07 Å². The third-order valence-electron chi connectivity index (χ3n) is 4.15. The Hall–Kier alpha value is -3.73. The molecule has 8 nitrogen and oxygen atoms in total. The molecule has 0 amide bonds. The first-order valence-corrected chi connectivity index (χ1v) is 8.57. The molecule has 3 aromatic rings. The van der Waals surface area contributed by atoms with E-state index in [-0.39, 0.29) is 37.2 Å². The molecule has 2 aromatic heterocycles. The number of fused-ring (bicyclic) bond motifs is 4. The summed E-state index contributed by atoms with van der Waals surface area (Å²) in [4.78, 5) is 28.6. The summed E-state index contributed by atoms with van der Waals surface area (Å²) in [5, 5.41) is 1.68. The lowest BCUT2D eigenvalue weighted by Gasteiger charge is -2.11. The molecule has 1 aromatic carbocycles. The van der Waals surface area contributed by atoms with E-state index in [1.807, 2.05) is 0 Å². The lowest BCUT2D eigenvalue weighted by Crippen LogP contribution is -2.16. The number of hydrogen-bond acceptors (Lipinski definition) is 8. The highest BCUT2D eigenvalue weighted by atomic mass is 16.7. The van der Waals surface area contributed by atoms with Gasteiger partial charge in [-0.2, -0.15) is 4.98 Å². The monoisotopic (exact) mass is 381 g/mol. The Balaban J connectivity index is 1.98. The largest absolute Gasteiger partial charge is 0.476 e. The lowest BCUT2D eigenvalue weighted by molar-refractivity contribution is 0.0521. The van der Waals surface area contributed by atoms with E-state index in [1.54, 1.807) is 19.1 Å². The van der Waals surface area contributed by atoms with Crippen LogP contribution in [0.3, 0.4) is 0 Å². The number of aromatic nitrogens is 1. The van der Waals surface area contributed by atoms with Crippen molar-refractivity contribution in [1.82, 2.24) is 4.98 Å². The van der Waals surface area contributed by atoms with Gasteiger partial charge in [-0.25, -0.2) is 9.59 Å². The quantitative estimate of drug-likeness (QED) is 0.288. The van der Waals surface area contributed by atoms with Crippen molar-refractivity contribution in [3.05, 3.63) is 34.2 Å². The molecule has 0 bridgehead atoms. The molecule has 0 unspecified atom stereocenters. The zero-order chi connectivity index (χ0) is 19.7. The number of ether oxygens (including phenoxy) is 4. The van der Waals surface area contributed by atoms with Crippen LogP contribution in [0.4, 0.5) is 0 Å². The number of terminal acetylenes is 1. The van der Waals surface area contributed by atoms with Crippen molar-refractivity contribution in [2.75, 3.05) is 20.0 Å². The van der Waals surface area contributed by atoms with Gasteiger partial charge in [0, 0.05) is 22.6 Å². The minimum absolute atomic E-state index is 0.0279. The SMILES string of the molecule is C#CCCOc1nc2oc(=O)c(C(=O)OCC)cc2c2cc3c(cc12)OCO3. The summed E-state index contributed by atoms with van der Waals surface area (Å²) in [7, 11) is 0. The third kappa shape index (κ3) is 2.97. The maximum absolute atomic E-state index is 12.2. The third-order valence-corrected chi connectivity index (χ3v) is 4.15. The topological polar surface area (TPSA) is 97.1 Å². The standard InChI is InChI=1S/C20H15NO7/c1-3-5-6-25-17-13-9-16-15(26-10-27-16)8-11(13)12-7-14(19(22)24-4-2)20(23)28-18(12)21-17/h1,7-9H,4-6,10H2,2H3. The molecule has 142 valence electrons. The molecule has 0 spiro atoms. The van der Waals surface area contributed by atoms with Crippen molar-refractivity contribution in [2.24, 2.45) is 0 Å². The highest BCUT2D eigenvalue weighted by Crippen LogP contribution is 2.41. The number of benzene rings is 1. The molecule has 0 radical (unpaired) electrons. The Morgan fingerprint density at radius 1 is 1.21 bits per heavy atom. The molecule has 8 heteroatoms. The molecule has 4 rings (SSSR count).